The molecule has 0 aliphatic rings. The van der Waals surface area contributed by atoms with E-state index in [1.54, 1.807) is 0 Å². The third kappa shape index (κ3) is 6.15. The average molecular weight is 423 g/mol. The van der Waals surface area contributed by atoms with Crippen molar-refractivity contribution in [2.24, 2.45) is 0 Å². The van der Waals surface area contributed by atoms with Crippen molar-refractivity contribution in [3.63, 3.8) is 0 Å². The molecule has 0 saturated carbocycles. The predicted molar refractivity (Wildman–Crippen MR) is 50.3 cm³/mol. The van der Waals surface area contributed by atoms with Crippen molar-refractivity contribution >= 4 is 67.8 Å². The van der Waals surface area contributed by atoms with E-state index in [1.807, 2.05) is 45.2 Å². The number of halogens is 3. The molecule has 1 nitrogen and oxygen atoms in total. The van der Waals surface area contributed by atoms with E-state index in [0.29, 0.717) is 4.43 Å². The fourth-order valence-corrected chi connectivity index (χ4v) is 0. The standard InChI is InChI=1S/C2H2I3O/c3-1-2(4,5)6/h1H2. The van der Waals surface area contributed by atoms with Gasteiger partial charge in [0.2, 0.25) is 1.61 Å². The van der Waals surface area contributed by atoms with E-state index < -0.39 is 1.61 Å². The van der Waals surface area contributed by atoms with Crippen LogP contribution in [0.4, 0.5) is 0 Å². The lowest BCUT2D eigenvalue weighted by atomic mass is 10.9. The first-order valence-electron chi connectivity index (χ1n) is 1.20. The minimum atomic E-state index is -0.782. The molecule has 0 N–H and O–H groups in total. The fraction of sp³-hybridized carbons (Fsp3) is 1.00. The Balaban J connectivity index is 3.17. The van der Waals surface area contributed by atoms with E-state index in [1.165, 1.54) is 0 Å². The third-order valence-corrected chi connectivity index (χ3v) is 4.91. The number of hydrogen-bond donors (Lipinski definition) is 0. The number of alkyl halides is 3. The van der Waals surface area contributed by atoms with Crippen molar-refractivity contribution in [3.8, 4) is 0 Å². The van der Waals surface area contributed by atoms with Gasteiger partial charge in [0, 0.05) is 0 Å². The van der Waals surface area contributed by atoms with Gasteiger partial charge in [-0.15, -0.1) is 0 Å². The predicted octanol–water partition coefficient (Wildman–Crippen LogP) is 2.38. The van der Waals surface area contributed by atoms with Crippen LogP contribution in [-0.4, -0.2) is 6.04 Å². The van der Waals surface area contributed by atoms with Gasteiger partial charge in [-0.25, -0.2) is 5.11 Å². The van der Waals surface area contributed by atoms with Crippen LogP contribution in [0.1, 0.15) is 0 Å². The quantitative estimate of drug-likeness (QED) is 0.457. The minimum Gasteiger partial charge on any atom is -0.206 e. The Hall–Kier alpha value is 2.15. The summed E-state index contributed by atoms with van der Waals surface area (Å²) in [4.78, 5) is 0. The van der Waals surface area contributed by atoms with E-state index in [2.05, 4.69) is 22.6 Å². The highest BCUT2D eigenvalue weighted by Crippen LogP contribution is 2.26. The van der Waals surface area contributed by atoms with Gasteiger partial charge >= 0.3 is 0 Å². The Morgan fingerprint density at radius 1 is 1.50 bits per heavy atom. The molecule has 0 aromatic rings. The van der Waals surface area contributed by atoms with Crippen LogP contribution in [0.25, 0.3) is 0 Å². The highest BCUT2D eigenvalue weighted by molar-refractivity contribution is 14.2. The number of rotatable bonds is 1. The molecule has 0 aliphatic heterocycles. The molecule has 0 aliphatic carbocycles. The highest BCUT2D eigenvalue weighted by Gasteiger charge is 2.16. The first-order chi connectivity index (χ1) is 2.56. The van der Waals surface area contributed by atoms with Gasteiger partial charge in [-0.2, -0.15) is 0 Å². The molecular weight excluding hydrogens is 421 g/mol. The Labute approximate surface area is 77.7 Å². The molecule has 1 radical (unpaired) electrons. The van der Waals surface area contributed by atoms with Crippen LogP contribution in [0.2, 0.25) is 0 Å². The maximum absolute atomic E-state index is 10.4. The van der Waals surface area contributed by atoms with Crippen molar-refractivity contribution in [3.05, 3.63) is 0 Å². The third-order valence-electron chi connectivity index (χ3n) is 0.156. The zero-order chi connectivity index (χ0) is 5.21. The van der Waals surface area contributed by atoms with Gasteiger partial charge in [-0.3, -0.25) is 0 Å². The lowest BCUT2D eigenvalue weighted by Crippen LogP contribution is -2.06. The molecule has 0 bridgehead atoms. The molecule has 4 heteroatoms. The van der Waals surface area contributed by atoms with Crippen LogP contribution < -0.4 is 0 Å². The van der Waals surface area contributed by atoms with Crippen LogP contribution in [0.5, 0.6) is 0 Å². The first-order valence-corrected chi connectivity index (χ1v) is 4.89. The largest absolute Gasteiger partial charge is 0.212 e. The van der Waals surface area contributed by atoms with Crippen molar-refractivity contribution in [2.75, 3.05) is 4.43 Å². The van der Waals surface area contributed by atoms with Gasteiger partial charge < -0.3 is 0 Å². The summed E-state index contributed by atoms with van der Waals surface area (Å²) in [7, 11) is 0. The normalized spacial score (nSPS) is 12.0. The van der Waals surface area contributed by atoms with Crippen molar-refractivity contribution in [1.29, 1.82) is 0 Å². The zero-order valence-corrected chi connectivity index (χ0v) is 9.22. The van der Waals surface area contributed by atoms with Crippen LogP contribution in [0.3, 0.4) is 0 Å². The van der Waals surface area contributed by atoms with E-state index >= 15 is 0 Å². The zero-order valence-electron chi connectivity index (χ0n) is 2.75. The lowest BCUT2D eigenvalue weighted by Gasteiger charge is -2.00. The molecule has 0 heterocycles. The van der Waals surface area contributed by atoms with E-state index in [-0.39, 0.29) is 0 Å². The summed E-state index contributed by atoms with van der Waals surface area (Å²) >= 11 is 5.80. The topological polar surface area (TPSA) is 19.9 Å². The monoisotopic (exact) mass is 423 g/mol. The SMILES string of the molecule is [O]C(I)(I)CI. The maximum atomic E-state index is 10.4. The summed E-state index contributed by atoms with van der Waals surface area (Å²) in [6.07, 6.45) is 0. The molecule has 0 saturated heterocycles. The summed E-state index contributed by atoms with van der Waals surface area (Å²) in [6.45, 7) is 0. The summed E-state index contributed by atoms with van der Waals surface area (Å²) in [5.41, 5.74) is 0. The first kappa shape index (κ1) is 8.15. The Morgan fingerprint density at radius 2 is 1.67 bits per heavy atom. The van der Waals surface area contributed by atoms with Crippen LogP contribution in [0.15, 0.2) is 0 Å². The second kappa shape index (κ2) is 3.23. The Bertz CT molecular complexity index is 38.5. The molecule has 0 amide bonds. The van der Waals surface area contributed by atoms with Gasteiger partial charge in [-0.05, 0) is 45.2 Å². The van der Waals surface area contributed by atoms with E-state index in [0.717, 1.165) is 0 Å². The molecule has 0 aromatic heterocycles. The molecule has 6 heavy (non-hydrogen) atoms. The second-order valence-electron chi connectivity index (χ2n) is 0.771. The lowest BCUT2D eigenvalue weighted by molar-refractivity contribution is 0.187. The van der Waals surface area contributed by atoms with Gasteiger partial charge in [0.15, 0.2) is 0 Å². The van der Waals surface area contributed by atoms with Crippen LogP contribution in [-0.2, 0) is 5.11 Å². The Kier molecular flexibility index (Phi) is 4.39. The summed E-state index contributed by atoms with van der Waals surface area (Å²) in [5, 5.41) is 10.4. The molecule has 0 rings (SSSR count). The molecule has 0 aromatic carbocycles. The molecule has 0 fully saturated rings. The van der Waals surface area contributed by atoms with Crippen LogP contribution in [0, 0.1) is 0 Å². The average Bonchev–Trinajstić information content (AvgIpc) is 1.35. The smallest absolute Gasteiger partial charge is 0.206 e. The van der Waals surface area contributed by atoms with Crippen LogP contribution >= 0.6 is 67.8 Å². The van der Waals surface area contributed by atoms with Crippen molar-refractivity contribution in [1.82, 2.24) is 0 Å². The summed E-state index contributed by atoms with van der Waals surface area (Å²) in [5.74, 6) is 0. The van der Waals surface area contributed by atoms with Gasteiger partial charge in [0.1, 0.15) is 0 Å². The fourth-order valence-electron chi connectivity index (χ4n) is 0. The van der Waals surface area contributed by atoms with E-state index in [4.69, 9.17) is 0 Å². The molecule has 0 atom stereocenters. The summed E-state index contributed by atoms with van der Waals surface area (Å²) < 4.78 is -0.123. The van der Waals surface area contributed by atoms with Crippen molar-refractivity contribution < 1.29 is 5.11 Å². The van der Waals surface area contributed by atoms with Crippen molar-refractivity contribution in [2.45, 2.75) is 1.61 Å². The highest BCUT2D eigenvalue weighted by atomic mass is 127. The Morgan fingerprint density at radius 3 is 1.67 bits per heavy atom. The number of hydrogen-bond acceptors (Lipinski definition) is 0. The van der Waals surface area contributed by atoms with E-state index in [9.17, 15) is 5.11 Å². The molecule has 0 spiro atoms. The van der Waals surface area contributed by atoms with Gasteiger partial charge in [-0.1, -0.05) is 22.6 Å². The maximum Gasteiger partial charge on any atom is 0.212 e. The minimum absolute atomic E-state index is 0.659. The molecular formula is C2H2I3O. The summed E-state index contributed by atoms with van der Waals surface area (Å²) in [6, 6.07) is 0. The second-order valence-corrected chi connectivity index (χ2v) is 7.08. The van der Waals surface area contributed by atoms with Gasteiger partial charge in [0.25, 0.3) is 0 Å². The van der Waals surface area contributed by atoms with Gasteiger partial charge in [0.05, 0.1) is 4.43 Å². The molecule has 0 unspecified atom stereocenters. The molecule has 37 valence electrons.